The lowest BCUT2D eigenvalue weighted by Gasteiger charge is -2.18. The number of hydrogen-bond acceptors (Lipinski definition) is 3. The van der Waals surface area contributed by atoms with Crippen molar-refractivity contribution < 1.29 is 0 Å². The van der Waals surface area contributed by atoms with E-state index < -0.39 is 0 Å². The molecule has 5 heteroatoms. The fourth-order valence-corrected chi connectivity index (χ4v) is 1.93. The molecule has 0 radical (unpaired) electrons. The second-order valence-corrected chi connectivity index (χ2v) is 6.00. The van der Waals surface area contributed by atoms with Crippen LogP contribution >= 0.6 is 11.6 Å². The van der Waals surface area contributed by atoms with E-state index in [1.54, 1.807) is 0 Å². The smallest absolute Gasteiger partial charge is 0.136 e. The summed E-state index contributed by atoms with van der Waals surface area (Å²) in [6.07, 6.45) is 3.81. The number of aryl methyl sites for hydroxylation is 1. The van der Waals surface area contributed by atoms with E-state index in [0.717, 1.165) is 29.2 Å². The van der Waals surface area contributed by atoms with E-state index in [1.807, 2.05) is 24.0 Å². The summed E-state index contributed by atoms with van der Waals surface area (Å²) < 4.78 is 1.88. The molecule has 4 nitrogen and oxygen atoms in total. The molecule has 19 heavy (non-hydrogen) atoms. The highest BCUT2D eigenvalue weighted by atomic mass is 35.5. The van der Waals surface area contributed by atoms with Gasteiger partial charge in [-0.1, -0.05) is 32.4 Å². The molecule has 0 aromatic carbocycles. The summed E-state index contributed by atoms with van der Waals surface area (Å²) in [6.45, 7) is 11.1. The molecule has 0 saturated heterocycles. The Hall–Kier alpha value is -1.42. The van der Waals surface area contributed by atoms with Gasteiger partial charge in [0.05, 0.1) is 11.9 Å². The zero-order valence-electron chi connectivity index (χ0n) is 12.0. The van der Waals surface area contributed by atoms with Gasteiger partial charge in [0.2, 0.25) is 0 Å². The Kier molecular flexibility index (Phi) is 3.63. The van der Waals surface area contributed by atoms with Gasteiger partial charge in [-0.15, -0.1) is 0 Å². The molecule has 2 aromatic rings. The fourth-order valence-electron chi connectivity index (χ4n) is 1.76. The lowest BCUT2D eigenvalue weighted by Crippen LogP contribution is -2.17. The molecule has 0 aliphatic carbocycles. The maximum atomic E-state index is 6.24. The molecule has 0 saturated carbocycles. The fraction of sp³-hybridized carbons (Fsp3) is 0.500. The van der Waals surface area contributed by atoms with Gasteiger partial charge in [0.15, 0.2) is 0 Å². The maximum Gasteiger partial charge on any atom is 0.136 e. The molecule has 0 bridgehead atoms. The SMILES string of the molecule is CCn1cc(-c2nc(C(C)(C)C)nc(Cl)c2C)cn1. The molecule has 0 amide bonds. The molecule has 2 heterocycles. The molecule has 2 aromatic heterocycles. The average molecular weight is 279 g/mol. The molecule has 0 N–H and O–H groups in total. The highest BCUT2D eigenvalue weighted by Gasteiger charge is 2.21. The van der Waals surface area contributed by atoms with Gasteiger partial charge in [-0.2, -0.15) is 5.10 Å². The van der Waals surface area contributed by atoms with Crippen LogP contribution in [-0.4, -0.2) is 19.7 Å². The number of aromatic nitrogens is 4. The Balaban J connectivity index is 2.59. The van der Waals surface area contributed by atoms with Crippen LogP contribution in [0.1, 0.15) is 39.1 Å². The van der Waals surface area contributed by atoms with Crippen molar-refractivity contribution >= 4 is 11.6 Å². The van der Waals surface area contributed by atoms with E-state index >= 15 is 0 Å². The third-order valence-electron chi connectivity index (χ3n) is 2.99. The molecule has 0 atom stereocenters. The first-order valence-electron chi connectivity index (χ1n) is 6.40. The quantitative estimate of drug-likeness (QED) is 0.788. The summed E-state index contributed by atoms with van der Waals surface area (Å²) in [4.78, 5) is 9.06. The van der Waals surface area contributed by atoms with E-state index in [1.165, 1.54) is 0 Å². The van der Waals surface area contributed by atoms with Crippen molar-refractivity contribution in [2.75, 3.05) is 0 Å². The maximum absolute atomic E-state index is 6.24. The van der Waals surface area contributed by atoms with Gasteiger partial charge in [-0.05, 0) is 13.8 Å². The first-order valence-corrected chi connectivity index (χ1v) is 6.78. The van der Waals surface area contributed by atoms with E-state index in [4.69, 9.17) is 11.6 Å². The van der Waals surface area contributed by atoms with Crippen LogP contribution in [0, 0.1) is 6.92 Å². The number of nitrogens with zero attached hydrogens (tertiary/aromatic N) is 4. The second kappa shape index (κ2) is 4.93. The van der Waals surface area contributed by atoms with Gasteiger partial charge in [0, 0.05) is 29.3 Å². The summed E-state index contributed by atoms with van der Waals surface area (Å²) in [5, 5.41) is 4.80. The van der Waals surface area contributed by atoms with Crippen LogP contribution in [0.3, 0.4) is 0 Å². The summed E-state index contributed by atoms with van der Waals surface area (Å²) in [5.74, 6) is 0.752. The first kappa shape index (κ1) is 14.0. The van der Waals surface area contributed by atoms with Crippen molar-refractivity contribution in [2.24, 2.45) is 0 Å². The van der Waals surface area contributed by atoms with Crippen LogP contribution in [0.2, 0.25) is 5.15 Å². The number of rotatable bonds is 2. The average Bonchev–Trinajstić information content (AvgIpc) is 2.79. The van der Waals surface area contributed by atoms with Crippen molar-refractivity contribution in [1.29, 1.82) is 0 Å². The molecule has 2 rings (SSSR count). The van der Waals surface area contributed by atoms with Crippen molar-refractivity contribution in [3.63, 3.8) is 0 Å². The molecular weight excluding hydrogens is 260 g/mol. The second-order valence-electron chi connectivity index (χ2n) is 5.65. The highest BCUT2D eigenvalue weighted by Crippen LogP contribution is 2.29. The Morgan fingerprint density at radius 3 is 2.47 bits per heavy atom. The lowest BCUT2D eigenvalue weighted by molar-refractivity contribution is 0.545. The normalized spacial score (nSPS) is 11.9. The minimum absolute atomic E-state index is 0.132. The lowest BCUT2D eigenvalue weighted by atomic mass is 9.95. The third-order valence-corrected chi connectivity index (χ3v) is 3.36. The predicted molar refractivity (Wildman–Crippen MR) is 77.4 cm³/mol. The van der Waals surface area contributed by atoms with Crippen LogP contribution in [0.15, 0.2) is 12.4 Å². The number of halogens is 1. The zero-order valence-corrected chi connectivity index (χ0v) is 12.8. The van der Waals surface area contributed by atoms with Crippen molar-refractivity contribution in [2.45, 2.75) is 46.6 Å². The van der Waals surface area contributed by atoms with Gasteiger partial charge in [-0.3, -0.25) is 4.68 Å². The molecule has 102 valence electrons. The van der Waals surface area contributed by atoms with Crippen LogP contribution < -0.4 is 0 Å². The first-order chi connectivity index (χ1) is 8.82. The molecule has 0 spiro atoms. The van der Waals surface area contributed by atoms with Gasteiger partial charge in [0.25, 0.3) is 0 Å². The largest absolute Gasteiger partial charge is 0.272 e. The topological polar surface area (TPSA) is 43.6 Å². The molecule has 0 unspecified atom stereocenters. The van der Waals surface area contributed by atoms with E-state index in [9.17, 15) is 0 Å². The van der Waals surface area contributed by atoms with Gasteiger partial charge >= 0.3 is 0 Å². The minimum atomic E-state index is -0.132. The van der Waals surface area contributed by atoms with E-state index in [2.05, 4.69) is 42.8 Å². The molecular formula is C14H19ClN4. The number of hydrogen-bond donors (Lipinski definition) is 0. The summed E-state index contributed by atoms with van der Waals surface area (Å²) in [6, 6.07) is 0. The summed E-state index contributed by atoms with van der Waals surface area (Å²) in [5.41, 5.74) is 2.61. The van der Waals surface area contributed by atoms with Gasteiger partial charge in [0.1, 0.15) is 11.0 Å². The molecule has 0 aliphatic heterocycles. The Morgan fingerprint density at radius 1 is 1.26 bits per heavy atom. The van der Waals surface area contributed by atoms with Crippen molar-refractivity contribution in [3.8, 4) is 11.3 Å². The zero-order chi connectivity index (χ0) is 14.2. The van der Waals surface area contributed by atoms with Crippen LogP contribution in [0.25, 0.3) is 11.3 Å². The highest BCUT2D eigenvalue weighted by molar-refractivity contribution is 6.30. The van der Waals surface area contributed by atoms with Crippen LogP contribution in [0.5, 0.6) is 0 Å². The van der Waals surface area contributed by atoms with E-state index in [0.29, 0.717) is 5.15 Å². The summed E-state index contributed by atoms with van der Waals surface area (Å²) in [7, 11) is 0. The third kappa shape index (κ3) is 2.78. The standard InChI is InChI=1S/C14H19ClN4/c1-6-19-8-10(7-16-19)11-9(2)12(15)18-13(17-11)14(3,4)5/h7-8H,6H2,1-5H3. The van der Waals surface area contributed by atoms with Crippen LogP contribution in [-0.2, 0) is 12.0 Å². The Morgan fingerprint density at radius 2 is 1.95 bits per heavy atom. The summed E-state index contributed by atoms with van der Waals surface area (Å²) >= 11 is 6.24. The predicted octanol–water partition coefficient (Wildman–Crippen LogP) is 3.62. The van der Waals surface area contributed by atoms with Crippen molar-refractivity contribution in [3.05, 3.63) is 28.9 Å². The van der Waals surface area contributed by atoms with E-state index in [-0.39, 0.29) is 5.41 Å². The van der Waals surface area contributed by atoms with Crippen LogP contribution in [0.4, 0.5) is 0 Å². The Bertz CT molecular complexity index is 596. The molecule has 0 fully saturated rings. The monoisotopic (exact) mass is 278 g/mol. The minimum Gasteiger partial charge on any atom is -0.272 e. The molecule has 0 aliphatic rings. The van der Waals surface area contributed by atoms with Gasteiger partial charge < -0.3 is 0 Å². The van der Waals surface area contributed by atoms with Gasteiger partial charge in [-0.25, -0.2) is 9.97 Å². The van der Waals surface area contributed by atoms with Crippen molar-refractivity contribution in [1.82, 2.24) is 19.7 Å². The Labute approximate surface area is 118 Å².